The number of hydrogen-bond acceptors (Lipinski definition) is 4. The fourth-order valence-corrected chi connectivity index (χ4v) is 5.57. The molecule has 1 saturated carbocycles. The Morgan fingerprint density at radius 1 is 1.09 bits per heavy atom. The first kappa shape index (κ1) is 23.4. The van der Waals surface area contributed by atoms with Gasteiger partial charge >= 0.3 is 12.1 Å². The lowest BCUT2D eigenvalue weighted by atomic mass is 9.82. The molecule has 0 aromatic heterocycles. The van der Waals surface area contributed by atoms with Crippen LogP contribution >= 0.6 is 0 Å². The molecule has 2 atom stereocenters. The van der Waals surface area contributed by atoms with Gasteiger partial charge in [0.05, 0.1) is 5.41 Å². The lowest BCUT2D eigenvalue weighted by Crippen LogP contribution is -2.50. The fourth-order valence-electron chi connectivity index (χ4n) is 5.57. The number of aliphatic carboxylic acids is 1. The van der Waals surface area contributed by atoms with Crippen molar-refractivity contribution in [2.24, 2.45) is 11.3 Å². The van der Waals surface area contributed by atoms with Gasteiger partial charge in [0.1, 0.15) is 6.61 Å². The minimum Gasteiger partial charge on any atom is -0.481 e. The topological polar surface area (TPSA) is 95.9 Å². The van der Waals surface area contributed by atoms with E-state index in [1.165, 1.54) is 11.1 Å². The summed E-state index contributed by atoms with van der Waals surface area (Å²) >= 11 is 0. The van der Waals surface area contributed by atoms with Crippen molar-refractivity contribution in [3.63, 3.8) is 0 Å². The highest BCUT2D eigenvalue weighted by atomic mass is 16.5. The Hall–Kier alpha value is -3.35. The van der Waals surface area contributed by atoms with Gasteiger partial charge in [-0.1, -0.05) is 48.5 Å². The van der Waals surface area contributed by atoms with E-state index in [0.29, 0.717) is 19.4 Å². The predicted octanol–water partition coefficient (Wildman–Crippen LogP) is 4.41. The second-order valence-electron chi connectivity index (χ2n) is 10.4. The SMILES string of the molecule is CC1(C(=O)O)CCCN(C(=O)CC(NC(=O)OCC2c3ccccc3-c3ccccc32)C2CC2)C1. The number of nitrogens with zero attached hydrogens (tertiary/aromatic N) is 1. The zero-order chi connectivity index (χ0) is 24.6. The summed E-state index contributed by atoms with van der Waals surface area (Å²) < 4.78 is 5.69. The molecule has 184 valence electrons. The molecule has 3 aliphatic rings. The quantitative estimate of drug-likeness (QED) is 0.617. The van der Waals surface area contributed by atoms with E-state index in [2.05, 4.69) is 29.6 Å². The van der Waals surface area contributed by atoms with Crippen molar-refractivity contribution >= 4 is 18.0 Å². The van der Waals surface area contributed by atoms with Gasteiger partial charge in [0, 0.05) is 31.5 Å². The van der Waals surface area contributed by atoms with E-state index in [4.69, 9.17) is 4.74 Å². The van der Waals surface area contributed by atoms with Crippen molar-refractivity contribution in [3.05, 3.63) is 59.7 Å². The second-order valence-corrected chi connectivity index (χ2v) is 10.4. The number of carboxylic acid groups (broad SMARTS) is 1. The molecule has 0 bridgehead atoms. The average Bonchev–Trinajstić information content (AvgIpc) is 3.65. The highest BCUT2D eigenvalue weighted by molar-refractivity contribution is 5.81. The molecular weight excluding hydrogens is 444 g/mol. The standard InChI is InChI=1S/C28H32N2O5/c1-28(26(32)33)13-6-14-30(17-28)25(31)15-24(18-11-12-18)29-27(34)35-16-23-21-9-4-2-7-19(21)20-8-3-5-10-22(20)23/h2-5,7-10,18,23-24H,6,11-17H2,1H3,(H,29,34)(H,32,33). The summed E-state index contributed by atoms with van der Waals surface area (Å²) in [5.74, 6) is -0.732. The Morgan fingerprint density at radius 2 is 1.71 bits per heavy atom. The normalized spacial score (nSPS) is 22.1. The molecule has 0 radical (unpaired) electrons. The summed E-state index contributed by atoms with van der Waals surface area (Å²) in [5.41, 5.74) is 3.74. The molecule has 1 aliphatic heterocycles. The second kappa shape index (κ2) is 9.36. The molecule has 2 aliphatic carbocycles. The lowest BCUT2D eigenvalue weighted by Gasteiger charge is -2.38. The van der Waals surface area contributed by atoms with Crippen LogP contribution in [-0.4, -0.2) is 53.7 Å². The van der Waals surface area contributed by atoms with Crippen LogP contribution in [0.2, 0.25) is 0 Å². The molecule has 1 saturated heterocycles. The Bertz CT molecular complexity index is 1100. The van der Waals surface area contributed by atoms with Gasteiger partial charge in [-0.05, 0) is 60.8 Å². The summed E-state index contributed by atoms with van der Waals surface area (Å²) in [4.78, 5) is 39.1. The zero-order valence-electron chi connectivity index (χ0n) is 20.0. The monoisotopic (exact) mass is 476 g/mol. The van der Waals surface area contributed by atoms with Crippen molar-refractivity contribution < 1.29 is 24.2 Å². The molecule has 1 heterocycles. The fraction of sp³-hybridized carbons (Fsp3) is 0.464. The van der Waals surface area contributed by atoms with Gasteiger partial charge in [-0.3, -0.25) is 9.59 Å². The summed E-state index contributed by atoms with van der Waals surface area (Å²) in [6.45, 7) is 2.70. The third-order valence-electron chi connectivity index (χ3n) is 7.80. The Kier molecular flexibility index (Phi) is 6.26. The number of piperidine rings is 1. The van der Waals surface area contributed by atoms with E-state index in [1.807, 2.05) is 24.3 Å². The zero-order valence-corrected chi connectivity index (χ0v) is 20.0. The first-order valence-electron chi connectivity index (χ1n) is 12.5. The van der Waals surface area contributed by atoms with Crippen LogP contribution in [-0.2, 0) is 14.3 Å². The Morgan fingerprint density at radius 3 is 2.31 bits per heavy atom. The number of alkyl carbamates (subject to hydrolysis) is 1. The number of rotatable bonds is 7. The van der Waals surface area contributed by atoms with Gasteiger partial charge in [-0.15, -0.1) is 0 Å². The number of hydrogen-bond donors (Lipinski definition) is 2. The predicted molar refractivity (Wildman–Crippen MR) is 131 cm³/mol. The number of likely N-dealkylation sites (tertiary alicyclic amines) is 1. The van der Waals surface area contributed by atoms with Crippen molar-refractivity contribution in [2.75, 3.05) is 19.7 Å². The lowest BCUT2D eigenvalue weighted by molar-refractivity contribution is -0.153. The number of carbonyl (C=O) groups excluding carboxylic acids is 2. The van der Waals surface area contributed by atoms with E-state index in [1.54, 1.807) is 11.8 Å². The third-order valence-corrected chi connectivity index (χ3v) is 7.80. The molecule has 2 amide bonds. The molecule has 5 rings (SSSR count). The molecular formula is C28H32N2O5. The third kappa shape index (κ3) is 4.77. The van der Waals surface area contributed by atoms with Gasteiger partial charge in [0.25, 0.3) is 0 Å². The molecule has 2 unspecified atom stereocenters. The molecule has 2 fully saturated rings. The average molecular weight is 477 g/mol. The summed E-state index contributed by atoms with van der Waals surface area (Å²) in [7, 11) is 0. The molecule has 2 aromatic carbocycles. The minimum absolute atomic E-state index is 0.0174. The van der Waals surface area contributed by atoms with Gasteiger partial charge in [0.15, 0.2) is 0 Å². The largest absolute Gasteiger partial charge is 0.481 e. The van der Waals surface area contributed by atoms with Gasteiger partial charge < -0.3 is 20.1 Å². The summed E-state index contributed by atoms with van der Waals surface area (Å²) in [5, 5.41) is 12.5. The maximum absolute atomic E-state index is 13.0. The van der Waals surface area contributed by atoms with E-state index in [9.17, 15) is 19.5 Å². The molecule has 35 heavy (non-hydrogen) atoms. The van der Waals surface area contributed by atoms with E-state index in [-0.39, 0.29) is 43.4 Å². The van der Waals surface area contributed by atoms with Gasteiger partial charge in [-0.25, -0.2) is 4.79 Å². The highest BCUT2D eigenvalue weighted by Crippen LogP contribution is 2.44. The Labute approximate surface area is 205 Å². The summed E-state index contributed by atoms with van der Waals surface area (Å²) in [6.07, 6.45) is 2.83. The smallest absolute Gasteiger partial charge is 0.407 e. The van der Waals surface area contributed by atoms with Gasteiger partial charge in [-0.2, -0.15) is 0 Å². The number of carboxylic acids is 1. The van der Waals surface area contributed by atoms with Crippen molar-refractivity contribution in [1.29, 1.82) is 0 Å². The first-order valence-corrected chi connectivity index (χ1v) is 12.5. The van der Waals surface area contributed by atoms with E-state index >= 15 is 0 Å². The van der Waals surface area contributed by atoms with Crippen molar-refractivity contribution in [2.45, 2.75) is 51.0 Å². The number of nitrogens with one attached hydrogen (secondary N) is 1. The van der Waals surface area contributed by atoms with Crippen LogP contribution < -0.4 is 5.32 Å². The Balaban J connectivity index is 1.20. The molecule has 0 spiro atoms. The number of fused-ring (bicyclic) bond motifs is 3. The summed E-state index contributed by atoms with van der Waals surface area (Å²) in [6, 6.07) is 16.1. The minimum atomic E-state index is -0.913. The maximum Gasteiger partial charge on any atom is 0.407 e. The van der Waals surface area contributed by atoms with Crippen molar-refractivity contribution in [1.82, 2.24) is 10.2 Å². The van der Waals surface area contributed by atoms with Crippen LogP contribution in [0.1, 0.15) is 56.1 Å². The molecule has 7 heteroatoms. The van der Waals surface area contributed by atoms with E-state index < -0.39 is 17.5 Å². The van der Waals surface area contributed by atoms with Crippen LogP contribution in [0, 0.1) is 11.3 Å². The molecule has 7 nitrogen and oxygen atoms in total. The van der Waals surface area contributed by atoms with Gasteiger partial charge in [0.2, 0.25) is 5.91 Å². The number of carbonyl (C=O) groups is 3. The maximum atomic E-state index is 13.0. The van der Waals surface area contributed by atoms with Crippen LogP contribution in [0.4, 0.5) is 4.79 Å². The van der Waals surface area contributed by atoms with E-state index in [0.717, 1.165) is 24.0 Å². The number of ether oxygens (including phenoxy) is 1. The van der Waals surface area contributed by atoms with Crippen LogP contribution in [0.3, 0.4) is 0 Å². The molecule has 2 N–H and O–H groups in total. The highest BCUT2D eigenvalue weighted by Gasteiger charge is 2.41. The van der Waals surface area contributed by atoms with Crippen molar-refractivity contribution in [3.8, 4) is 11.1 Å². The number of amides is 2. The van der Waals surface area contributed by atoms with Crippen LogP contribution in [0.15, 0.2) is 48.5 Å². The van der Waals surface area contributed by atoms with Crippen LogP contribution in [0.5, 0.6) is 0 Å². The van der Waals surface area contributed by atoms with Crippen LogP contribution in [0.25, 0.3) is 11.1 Å². The number of benzene rings is 2. The molecule has 2 aromatic rings. The first-order chi connectivity index (χ1) is 16.9.